The van der Waals surface area contributed by atoms with Gasteiger partial charge in [-0.25, -0.2) is 4.79 Å². The quantitative estimate of drug-likeness (QED) is 0.802. The Bertz CT molecular complexity index is 520. The van der Waals surface area contributed by atoms with Crippen LogP contribution in [0.2, 0.25) is 0 Å². The lowest BCUT2D eigenvalue weighted by atomic mass is 9.89. The smallest absolute Gasteiger partial charge is 0.407 e. The van der Waals surface area contributed by atoms with Crippen molar-refractivity contribution in [1.29, 1.82) is 0 Å². The molecule has 1 N–H and O–H groups in total. The monoisotopic (exact) mass is 278 g/mol. The summed E-state index contributed by atoms with van der Waals surface area (Å²) in [5, 5.41) is 9.18. The van der Waals surface area contributed by atoms with Crippen LogP contribution in [-0.2, 0) is 0 Å². The molecule has 1 fully saturated rings. The molecule has 2 atom stereocenters. The average molecular weight is 278 g/mol. The van der Waals surface area contributed by atoms with E-state index < -0.39 is 6.09 Å². The standard InChI is InChI=1S/C14H18N2O2S/c1-15-11-6-7-16(14(17)18)8-10(11)9-4-3-5-12(19-2)13(9)15/h3-5,10-11H,6-8H2,1-2H3,(H,17,18)/t10-,11-/m1/s1. The Morgan fingerprint density at radius 1 is 1.47 bits per heavy atom. The Balaban J connectivity index is 2.00. The van der Waals surface area contributed by atoms with Gasteiger partial charge in [-0.1, -0.05) is 12.1 Å². The fraction of sp³-hybridized carbons (Fsp3) is 0.500. The molecule has 4 nitrogen and oxygen atoms in total. The van der Waals surface area contributed by atoms with E-state index in [2.05, 4.69) is 36.4 Å². The molecular weight excluding hydrogens is 260 g/mol. The average Bonchev–Trinajstić information content (AvgIpc) is 2.72. The number of likely N-dealkylation sites (tertiary alicyclic amines) is 1. The molecule has 0 unspecified atom stereocenters. The molecule has 19 heavy (non-hydrogen) atoms. The number of thioether (sulfide) groups is 1. The normalized spacial score (nSPS) is 25.2. The van der Waals surface area contributed by atoms with Crippen LogP contribution in [0, 0.1) is 0 Å². The first-order valence-corrected chi connectivity index (χ1v) is 7.73. The zero-order chi connectivity index (χ0) is 13.6. The second kappa shape index (κ2) is 4.63. The van der Waals surface area contributed by atoms with E-state index in [1.54, 1.807) is 16.7 Å². The van der Waals surface area contributed by atoms with Gasteiger partial charge in [0.2, 0.25) is 0 Å². The lowest BCUT2D eigenvalue weighted by Gasteiger charge is -2.36. The maximum atomic E-state index is 11.2. The second-order valence-electron chi connectivity index (χ2n) is 5.20. The number of likely N-dealkylation sites (N-methyl/N-ethyl adjacent to an activating group) is 1. The van der Waals surface area contributed by atoms with E-state index in [9.17, 15) is 9.90 Å². The third-order valence-corrected chi connectivity index (χ3v) is 5.12. The Hall–Kier alpha value is -1.36. The first-order chi connectivity index (χ1) is 9.13. The summed E-state index contributed by atoms with van der Waals surface area (Å²) in [7, 11) is 2.14. The molecule has 0 radical (unpaired) electrons. The van der Waals surface area contributed by atoms with Crippen molar-refractivity contribution in [3.05, 3.63) is 23.8 Å². The lowest BCUT2D eigenvalue weighted by Crippen LogP contribution is -2.46. The number of hydrogen-bond acceptors (Lipinski definition) is 3. The third kappa shape index (κ3) is 1.87. The highest BCUT2D eigenvalue weighted by Crippen LogP contribution is 2.47. The van der Waals surface area contributed by atoms with Crippen LogP contribution in [0.15, 0.2) is 23.1 Å². The van der Waals surface area contributed by atoms with Gasteiger partial charge in [-0.3, -0.25) is 0 Å². The number of anilines is 1. The molecule has 1 amide bonds. The number of benzene rings is 1. The predicted octanol–water partition coefficient (Wildman–Crippen LogP) is 2.69. The van der Waals surface area contributed by atoms with Crippen LogP contribution in [0.25, 0.3) is 0 Å². The summed E-state index contributed by atoms with van der Waals surface area (Å²) >= 11 is 1.76. The van der Waals surface area contributed by atoms with E-state index in [1.807, 2.05) is 0 Å². The van der Waals surface area contributed by atoms with Gasteiger partial charge >= 0.3 is 6.09 Å². The van der Waals surface area contributed by atoms with Gasteiger partial charge in [-0.15, -0.1) is 11.8 Å². The van der Waals surface area contributed by atoms with Crippen molar-refractivity contribution in [1.82, 2.24) is 4.90 Å². The molecule has 5 heteroatoms. The van der Waals surface area contributed by atoms with Gasteiger partial charge in [0.1, 0.15) is 0 Å². The van der Waals surface area contributed by atoms with Crippen molar-refractivity contribution >= 4 is 23.5 Å². The molecule has 0 aromatic heterocycles. The number of carbonyl (C=O) groups is 1. The van der Waals surface area contributed by atoms with E-state index in [4.69, 9.17) is 0 Å². The number of piperidine rings is 1. The zero-order valence-corrected chi connectivity index (χ0v) is 12.0. The van der Waals surface area contributed by atoms with E-state index in [1.165, 1.54) is 16.1 Å². The molecule has 1 aromatic rings. The summed E-state index contributed by atoms with van der Waals surface area (Å²) in [6, 6.07) is 6.83. The SMILES string of the molecule is CSc1cccc2c1N(C)[C@@H]1CCN(C(=O)O)C[C@H]21. The summed E-state index contributed by atoms with van der Waals surface area (Å²) < 4.78 is 0. The highest BCUT2D eigenvalue weighted by atomic mass is 32.2. The molecule has 3 rings (SSSR count). The molecule has 2 heterocycles. The molecule has 0 aliphatic carbocycles. The van der Waals surface area contributed by atoms with Gasteiger partial charge in [0.05, 0.1) is 5.69 Å². The maximum absolute atomic E-state index is 11.2. The Kier molecular flexibility index (Phi) is 3.09. The summed E-state index contributed by atoms with van der Waals surface area (Å²) in [6.07, 6.45) is 2.21. The van der Waals surface area contributed by atoms with Crippen LogP contribution in [0.4, 0.5) is 10.5 Å². The van der Waals surface area contributed by atoms with Crippen molar-refractivity contribution in [2.75, 3.05) is 31.3 Å². The van der Waals surface area contributed by atoms with Crippen LogP contribution in [0.5, 0.6) is 0 Å². The molecule has 2 aliphatic rings. The van der Waals surface area contributed by atoms with Gasteiger partial charge in [-0.2, -0.15) is 0 Å². The summed E-state index contributed by atoms with van der Waals surface area (Å²) in [4.78, 5) is 16.4. The topological polar surface area (TPSA) is 43.8 Å². The molecule has 102 valence electrons. The van der Waals surface area contributed by atoms with E-state index >= 15 is 0 Å². The minimum atomic E-state index is -0.796. The third-order valence-electron chi connectivity index (χ3n) is 4.35. The molecule has 0 spiro atoms. The van der Waals surface area contributed by atoms with Gasteiger partial charge in [0.25, 0.3) is 0 Å². The lowest BCUT2D eigenvalue weighted by molar-refractivity contribution is 0.127. The Morgan fingerprint density at radius 2 is 2.26 bits per heavy atom. The highest BCUT2D eigenvalue weighted by molar-refractivity contribution is 7.98. The van der Waals surface area contributed by atoms with Crippen LogP contribution in [0.3, 0.4) is 0 Å². The number of amides is 1. The van der Waals surface area contributed by atoms with Gasteiger partial charge < -0.3 is 14.9 Å². The van der Waals surface area contributed by atoms with Gasteiger partial charge in [0, 0.05) is 37.0 Å². The van der Waals surface area contributed by atoms with E-state index in [-0.39, 0.29) is 0 Å². The highest BCUT2D eigenvalue weighted by Gasteiger charge is 2.42. The van der Waals surface area contributed by atoms with Crippen molar-refractivity contribution in [3.63, 3.8) is 0 Å². The number of hydrogen-bond donors (Lipinski definition) is 1. The fourth-order valence-corrected chi connectivity index (χ4v) is 4.10. The van der Waals surface area contributed by atoms with E-state index in [0.717, 1.165) is 6.42 Å². The minimum absolute atomic E-state index is 0.317. The van der Waals surface area contributed by atoms with Crippen molar-refractivity contribution in [3.8, 4) is 0 Å². The van der Waals surface area contributed by atoms with Crippen LogP contribution in [0.1, 0.15) is 17.9 Å². The zero-order valence-electron chi connectivity index (χ0n) is 11.2. The maximum Gasteiger partial charge on any atom is 0.407 e. The summed E-state index contributed by atoms with van der Waals surface area (Å²) in [6.45, 7) is 1.26. The Morgan fingerprint density at radius 3 is 2.95 bits per heavy atom. The molecule has 0 bridgehead atoms. The van der Waals surface area contributed by atoms with Crippen molar-refractivity contribution in [2.24, 2.45) is 0 Å². The first kappa shape index (κ1) is 12.7. The number of para-hydroxylation sites is 1. The summed E-state index contributed by atoms with van der Waals surface area (Å²) in [5.41, 5.74) is 2.61. The first-order valence-electron chi connectivity index (χ1n) is 6.51. The number of fused-ring (bicyclic) bond motifs is 3. The largest absolute Gasteiger partial charge is 0.465 e. The molecule has 2 aliphatic heterocycles. The summed E-state index contributed by atoms with van der Waals surface area (Å²) in [5.74, 6) is 0.317. The van der Waals surface area contributed by atoms with Gasteiger partial charge in [0.15, 0.2) is 0 Å². The van der Waals surface area contributed by atoms with Crippen LogP contribution < -0.4 is 4.90 Å². The molecular formula is C14H18N2O2S. The predicted molar refractivity (Wildman–Crippen MR) is 77.4 cm³/mol. The fourth-order valence-electron chi connectivity index (χ4n) is 3.43. The van der Waals surface area contributed by atoms with E-state index in [0.29, 0.717) is 25.0 Å². The van der Waals surface area contributed by atoms with Crippen molar-refractivity contribution in [2.45, 2.75) is 23.3 Å². The minimum Gasteiger partial charge on any atom is -0.465 e. The van der Waals surface area contributed by atoms with Gasteiger partial charge in [-0.05, 0) is 24.3 Å². The molecule has 0 saturated carbocycles. The molecule has 1 saturated heterocycles. The molecule has 1 aromatic carbocycles. The number of nitrogens with zero attached hydrogens (tertiary/aromatic N) is 2. The number of rotatable bonds is 1. The van der Waals surface area contributed by atoms with Crippen LogP contribution >= 0.6 is 11.8 Å². The van der Waals surface area contributed by atoms with Crippen LogP contribution in [-0.4, -0.2) is 48.5 Å². The number of carboxylic acid groups (broad SMARTS) is 1. The second-order valence-corrected chi connectivity index (χ2v) is 6.05. The van der Waals surface area contributed by atoms with Crippen molar-refractivity contribution < 1.29 is 9.90 Å². The Labute approximate surface area is 117 Å².